The minimum Gasteiger partial charge on any atom is -0.130 e. The van der Waals surface area contributed by atoms with Crippen molar-refractivity contribution in [3.8, 4) is 0 Å². The van der Waals surface area contributed by atoms with Crippen LogP contribution in [0.5, 0.6) is 0 Å². The first kappa shape index (κ1) is 24.9. The largest absolute Gasteiger partial charge is 0.130 e. The molecule has 0 aromatic rings. The van der Waals surface area contributed by atoms with Gasteiger partial charge in [-0.25, -0.2) is 0 Å². The summed E-state index contributed by atoms with van der Waals surface area (Å²) in [6.07, 6.45) is 19.2. The lowest BCUT2D eigenvalue weighted by Gasteiger charge is -2.52. The van der Waals surface area contributed by atoms with Gasteiger partial charge in [0.05, 0.1) is 0 Å². The van der Waals surface area contributed by atoms with Gasteiger partial charge in [0.2, 0.25) is 0 Å². The van der Waals surface area contributed by atoms with E-state index in [9.17, 15) is 0 Å². The van der Waals surface area contributed by atoms with E-state index >= 15 is 0 Å². The van der Waals surface area contributed by atoms with Gasteiger partial charge in [0.15, 0.2) is 0 Å². The van der Waals surface area contributed by atoms with Crippen molar-refractivity contribution in [3.05, 3.63) is 29.5 Å². The van der Waals surface area contributed by atoms with Gasteiger partial charge in [-0.1, -0.05) is 74.0 Å². The highest BCUT2D eigenvalue weighted by Crippen LogP contribution is 2.59. The highest BCUT2D eigenvalue weighted by molar-refractivity contribution is 5.27. The van der Waals surface area contributed by atoms with Crippen LogP contribution in [0.25, 0.3) is 0 Å². The van der Waals surface area contributed by atoms with E-state index in [1.165, 1.54) is 57.8 Å². The van der Waals surface area contributed by atoms with E-state index in [-0.39, 0.29) is 5.41 Å². The van der Waals surface area contributed by atoms with Crippen molar-refractivity contribution >= 4 is 0 Å². The minimum absolute atomic E-state index is 0.251. The molecule has 1 fully saturated rings. The van der Waals surface area contributed by atoms with Crippen molar-refractivity contribution < 1.29 is 0 Å². The van der Waals surface area contributed by atoms with Crippen molar-refractivity contribution in [2.45, 2.75) is 120 Å². The molecule has 0 bridgehead atoms. The van der Waals surface area contributed by atoms with Crippen molar-refractivity contribution in [2.75, 3.05) is 0 Å². The summed E-state index contributed by atoms with van der Waals surface area (Å²) >= 11 is 0. The maximum Gasteiger partial charge on any atom is -0.00761 e. The fourth-order valence-electron chi connectivity index (χ4n) is 7.42. The van der Waals surface area contributed by atoms with E-state index in [2.05, 4.69) is 86.3 Å². The highest BCUT2D eigenvalue weighted by atomic mass is 14.5. The van der Waals surface area contributed by atoms with Crippen LogP contribution in [-0.2, 0) is 0 Å². The third-order valence-electron chi connectivity index (χ3n) is 10.3. The molecule has 4 atom stereocenters. The molecular weight excluding hydrogens is 372 g/mol. The van der Waals surface area contributed by atoms with Crippen molar-refractivity contribution in [3.63, 3.8) is 0 Å². The van der Waals surface area contributed by atoms with Gasteiger partial charge in [0.25, 0.3) is 0 Å². The van der Waals surface area contributed by atoms with E-state index < -0.39 is 0 Å². The fourth-order valence-corrected chi connectivity index (χ4v) is 7.42. The summed E-state index contributed by atoms with van der Waals surface area (Å²) in [5, 5.41) is 0. The predicted molar refractivity (Wildman–Crippen MR) is 137 cm³/mol. The van der Waals surface area contributed by atoms with Crippen LogP contribution >= 0.6 is 0 Å². The molecule has 176 valence electrons. The van der Waals surface area contributed by atoms with Gasteiger partial charge in [-0.2, -0.15) is 0 Å². The number of hydrogen-bond acceptors (Lipinski definition) is 0. The summed E-state index contributed by atoms with van der Waals surface area (Å²) in [6, 6.07) is 0. The van der Waals surface area contributed by atoms with E-state index in [1.807, 2.05) is 5.57 Å². The van der Waals surface area contributed by atoms with Crippen LogP contribution in [0.4, 0.5) is 0 Å². The summed E-state index contributed by atoms with van der Waals surface area (Å²) in [5.74, 6) is 3.10. The third kappa shape index (κ3) is 5.27. The Kier molecular flexibility index (Phi) is 7.14. The summed E-state index contributed by atoms with van der Waals surface area (Å²) in [7, 11) is 0. The zero-order valence-electron chi connectivity index (χ0n) is 22.4. The molecule has 0 heterocycles. The Morgan fingerprint density at radius 1 is 0.839 bits per heavy atom. The molecule has 0 radical (unpaired) electrons. The Morgan fingerprint density at radius 2 is 1.45 bits per heavy atom. The number of hydrogen-bond donors (Lipinski definition) is 0. The monoisotopic (exact) mass is 424 g/mol. The van der Waals surface area contributed by atoms with Gasteiger partial charge in [-0.05, 0) is 115 Å². The van der Waals surface area contributed by atoms with E-state index in [4.69, 9.17) is 0 Å². The van der Waals surface area contributed by atoms with Crippen molar-refractivity contribution in [2.24, 2.45) is 45.3 Å². The van der Waals surface area contributed by atoms with E-state index in [0.29, 0.717) is 16.2 Å². The molecule has 0 aromatic carbocycles. The maximum atomic E-state index is 3.39. The predicted octanol–water partition coefficient (Wildman–Crippen LogP) is 9.77. The Labute approximate surface area is 195 Å². The third-order valence-corrected chi connectivity index (χ3v) is 10.3. The molecule has 0 aromatic heterocycles. The molecule has 3 rings (SSSR count). The summed E-state index contributed by atoms with van der Waals surface area (Å²) in [5.41, 5.74) is 6.65. The second-order valence-corrected chi connectivity index (χ2v) is 14.1. The quantitative estimate of drug-likeness (QED) is 0.312. The van der Waals surface area contributed by atoms with Gasteiger partial charge in [0, 0.05) is 0 Å². The molecule has 3 aliphatic rings. The van der Waals surface area contributed by atoms with Crippen LogP contribution in [0, 0.1) is 45.3 Å². The highest BCUT2D eigenvalue weighted by Gasteiger charge is 2.49. The fraction of sp³-hybridized carbons (Fsp3) is 0.839. The minimum atomic E-state index is 0.251. The standard InChI is InChI=1S/C31H52/c1-23-15-18-28(3,4)19-16-26(24(23)2)30(7,8)27-17-20-29(5,6)21-22-31(27,9)25-13-11-10-12-14-25/h11-12,17,23-26H,13-16,18-22H2,1-9H3. The molecule has 0 N–H and O–H groups in total. The van der Waals surface area contributed by atoms with Crippen molar-refractivity contribution in [1.29, 1.82) is 0 Å². The Bertz CT molecular complexity index is 713. The van der Waals surface area contributed by atoms with Crippen LogP contribution in [-0.4, -0.2) is 0 Å². The van der Waals surface area contributed by atoms with Gasteiger partial charge in [-0.15, -0.1) is 5.73 Å². The second-order valence-electron chi connectivity index (χ2n) is 14.1. The number of rotatable bonds is 3. The molecule has 0 spiro atoms. The van der Waals surface area contributed by atoms with Crippen LogP contribution in [0.1, 0.15) is 120 Å². The molecule has 0 aliphatic heterocycles. The van der Waals surface area contributed by atoms with Gasteiger partial charge in [0.1, 0.15) is 0 Å². The first-order chi connectivity index (χ1) is 14.3. The molecular formula is C31H52. The van der Waals surface area contributed by atoms with Crippen LogP contribution in [0.2, 0.25) is 0 Å². The maximum absolute atomic E-state index is 3.39. The van der Waals surface area contributed by atoms with Crippen LogP contribution in [0.15, 0.2) is 29.5 Å². The van der Waals surface area contributed by atoms with Gasteiger partial charge >= 0.3 is 0 Å². The second kappa shape index (κ2) is 8.89. The molecule has 0 saturated heterocycles. The van der Waals surface area contributed by atoms with Crippen molar-refractivity contribution in [1.82, 2.24) is 0 Å². The topological polar surface area (TPSA) is 0 Å². The Balaban J connectivity index is 2.02. The lowest BCUT2D eigenvalue weighted by molar-refractivity contribution is 0.0555. The average molecular weight is 425 g/mol. The molecule has 1 saturated carbocycles. The molecule has 0 amide bonds. The van der Waals surface area contributed by atoms with E-state index in [1.54, 1.807) is 0 Å². The van der Waals surface area contributed by atoms with Crippen LogP contribution < -0.4 is 0 Å². The smallest absolute Gasteiger partial charge is 0.00761 e. The first-order valence-corrected chi connectivity index (χ1v) is 13.4. The normalized spacial score (nSPS) is 36.9. The summed E-state index contributed by atoms with van der Waals surface area (Å²) in [6.45, 7) is 23.0. The SMILES string of the molecule is CC1CCC(C)(C)CCC(C(C)(C)C2=CCC(C)(C)CCC2(C)C2CC=C=CC2)C1C. The average Bonchev–Trinajstić information content (AvgIpc) is 2.82. The van der Waals surface area contributed by atoms with Gasteiger partial charge < -0.3 is 0 Å². The zero-order valence-corrected chi connectivity index (χ0v) is 22.4. The lowest BCUT2D eigenvalue weighted by Crippen LogP contribution is -2.43. The molecule has 4 unspecified atom stereocenters. The lowest BCUT2D eigenvalue weighted by atomic mass is 9.53. The Morgan fingerprint density at radius 3 is 2.10 bits per heavy atom. The number of allylic oxidation sites excluding steroid dienone is 3. The molecule has 3 aliphatic carbocycles. The Hall–Kier alpha value is -0.740. The zero-order chi connectivity index (χ0) is 23.1. The summed E-state index contributed by atoms with van der Waals surface area (Å²) in [4.78, 5) is 0. The van der Waals surface area contributed by atoms with E-state index in [0.717, 1.165) is 23.7 Å². The van der Waals surface area contributed by atoms with Gasteiger partial charge in [-0.3, -0.25) is 0 Å². The first-order valence-electron chi connectivity index (χ1n) is 13.4. The summed E-state index contributed by atoms with van der Waals surface area (Å²) < 4.78 is 0. The molecule has 0 heteroatoms. The molecule has 31 heavy (non-hydrogen) atoms. The van der Waals surface area contributed by atoms with Crippen LogP contribution in [0.3, 0.4) is 0 Å². The molecule has 0 nitrogen and oxygen atoms in total.